The summed E-state index contributed by atoms with van der Waals surface area (Å²) >= 11 is 0. The molecule has 1 saturated heterocycles. The summed E-state index contributed by atoms with van der Waals surface area (Å²) in [6, 6.07) is 6.33. The smallest absolute Gasteiger partial charge is 0.231 e. The molecule has 0 radical (unpaired) electrons. The van der Waals surface area contributed by atoms with Gasteiger partial charge in [-0.15, -0.1) is 24.0 Å². The topological polar surface area (TPSA) is 78.1 Å². The minimum absolute atomic E-state index is 0. The lowest BCUT2D eigenvalue weighted by Crippen LogP contribution is -2.39. The number of halogens is 1. The molecule has 6 nitrogen and oxygen atoms in total. The predicted molar refractivity (Wildman–Crippen MR) is 116 cm³/mol. The summed E-state index contributed by atoms with van der Waals surface area (Å²) in [5, 5.41) is 3.23. The van der Waals surface area contributed by atoms with Crippen LogP contribution in [-0.4, -0.2) is 38.6 Å². The molecule has 3 N–H and O–H groups in total. The monoisotopic (exact) mass is 487 g/mol. The zero-order valence-corrected chi connectivity index (χ0v) is 18.1. The number of hydrogen-bond donors (Lipinski definition) is 2. The van der Waals surface area contributed by atoms with Crippen LogP contribution in [0, 0.1) is 0 Å². The highest BCUT2D eigenvalue weighted by Gasteiger charge is 2.35. The third-order valence-electron chi connectivity index (χ3n) is 5.88. The highest BCUT2D eigenvalue weighted by Crippen LogP contribution is 2.43. The van der Waals surface area contributed by atoms with Gasteiger partial charge in [0.15, 0.2) is 17.5 Å². The molecule has 0 amide bonds. The van der Waals surface area contributed by atoms with E-state index in [2.05, 4.69) is 17.4 Å². The van der Waals surface area contributed by atoms with Crippen molar-refractivity contribution in [1.82, 2.24) is 5.32 Å². The Kier molecular flexibility index (Phi) is 7.08. The molecule has 150 valence electrons. The van der Waals surface area contributed by atoms with Gasteiger partial charge >= 0.3 is 0 Å². The molecule has 1 aromatic rings. The molecular formula is C20H30IN3O3. The van der Waals surface area contributed by atoms with Crippen LogP contribution in [0.2, 0.25) is 0 Å². The molecular weight excluding hydrogens is 457 g/mol. The molecule has 7 heteroatoms. The molecule has 0 bridgehead atoms. The van der Waals surface area contributed by atoms with Crippen LogP contribution < -0.4 is 20.5 Å². The summed E-state index contributed by atoms with van der Waals surface area (Å²) in [6.07, 6.45) is 8.52. The van der Waals surface area contributed by atoms with Crippen LogP contribution >= 0.6 is 24.0 Å². The molecule has 1 aromatic carbocycles. The third kappa shape index (κ3) is 4.80. The molecule has 1 unspecified atom stereocenters. The number of fused-ring (bicyclic) bond motifs is 1. The maximum Gasteiger partial charge on any atom is 0.231 e. The molecule has 1 aliphatic carbocycles. The van der Waals surface area contributed by atoms with Crippen LogP contribution in [0.15, 0.2) is 23.2 Å². The van der Waals surface area contributed by atoms with E-state index < -0.39 is 0 Å². The summed E-state index contributed by atoms with van der Waals surface area (Å²) in [5.74, 6) is 2.20. The number of ether oxygens (including phenoxy) is 3. The molecule has 2 aliphatic heterocycles. The van der Waals surface area contributed by atoms with Gasteiger partial charge in [0, 0.05) is 18.6 Å². The van der Waals surface area contributed by atoms with E-state index in [0.717, 1.165) is 50.3 Å². The average Bonchev–Trinajstić information content (AvgIpc) is 3.36. The number of hydrogen-bond acceptors (Lipinski definition) is 4. The van der Waals surface area contributed by atoms with Gasteiger partial charge in [0.25, 0.3) is 0 Å². The molecule has 3 aliphatic rings. The Bertz CT molecular complexity index is 656. The van der Waals surface area contributed by atoms with Gasteiger partial charge in [-0.1, -0.05) is 25.3 Å². The van der Waals surface area contributed by atoms with Gasteiger partial charge in [-0.2, -0.15) is 0 Å². The van der Waals surface area contributed by atoms with E-state index >= 15 is 0 Å². The molecule has 0 spiro atoms. The van der Waals surface area contributed by atoms with E-state index in [0.29, 0.717) is 19.3 Å². The van der Waals surface area contributed by atoms with E-state index in [4.69, 9.17) is 24.9 Å². The zero-order chi connectivity index (χ0) is 17.8. The van der Waals surface area contributed by atoms with E-state index in [-0.39, 0.29) is 35.5 Å². The van der Waals surface area contributed by atoms with Gasteiger partial charge in [0.2, 0.25) is 6.79 Å². The fraction of sp³-hybridized carbons (Fsp3) is 0.650. The SMILES string of the molecule is I.NC(=NCC1(c2ccc3c(c2)OCO3)CCCCC1)NCC1CCCO1. The number of nitrogens with two attached hydrogens (primary N) is 1. The van der Waals surface area contributed by atoms with E-state index in [9.17, 15) is 0 Å². The van der Waals surface area contributed by atoms with Gasteiger partial charge in [0.05, 0.1) is 12.6 Å². The van der Waals surface area contributed by atoms with Crippen LogP contribution in [0.4, 0.5) is 0 Å². The summed E-state index contributed by atoms with van der Waals surface area (Å²) in [7, 11) is 0. The standard InChI is InChI=1S/C20H29N3O3.HI/c21-19(22-12-16-5-4-10-24-16)23-13-20(8-2-1-3-9-20)15-6-7-17-18(11-15)26-14-25-17;/h6-7,11,16H,1-5,8-10,12-14H2,(H3,21,22,23);1H. The highest BCUT2D eigenvalue weighted by atomic mass is 127. The normalized spacial score (nSPS) is 23.7. The quantitative estimate of drug-likeness (QED) is 0.379. The number of benzene rings is 1. The Morgan fingerprint density at radius 1 is 1.15 bits per heavy atom. The minimum Gasteiger partial charge on any atom is -0.454 e. The molecule has 4 rings (SSSR count). The second-order valence-electron chi connectivity index (χ2n) is 7.63. The van der Waals surface area contributed by atoms with E-state index in [1.807, 2.05) is 6.07 Å². The fourth-order valence-corrected chi connectivity index (χ4v) is 4.31. The summed E-state index contributed by atoms with van der Waals surface area (Å²) in [5.41, 5.74) is 7.46. The van der Waals surface area contributed by atoms with Gasteiger partial charge in [-0.3, -0.25) is 4.99 Å². The van der Waals surface area contributed by atoms with Gasteiger partial charge in [-0.05, 0) is 43.4 Å². The summed E-state index contributed by atoms with van der Waals surface area (Å²) in [4.78, 5) is 4.71. The van der Waals surface area contributed by atoms with Crippen molar-refractivity contribution in [2.75, 3.05) is 26.5 Å². The zero-order valence-electron chi connectivity index (χ0n) is 15.7. The Balaban J connectivity index is 0.00000210. The second kappa shape index (κ2) is 9.32. The first-order valence-corrected chi connectivity index (χ1v) is 9.81. The van der Waals surface area contributed by atoms with E-state index in [1.54, 1.807) is 0 Å². The first kappa shape index (κ1) is 20.5. The highest BCUT2D eigenvalue weighted by molar-refractivity contribution is 14.0. The summed E-state index contributed by atoms with van der Waals surface area (Å²) < 4.78 is 16.7. The van der Waals surface area contributed by atoms with Crippen molar-refractivity contribution in [3.05, 3.63) is 23.8 Å². The van der Waals surface area contributed by atoms with Crippen molar-refractivity contribution in [3.63, 3.8) is 0 Å². The first-order chi connectivity index (χ1) is 12.8. The second-order valence-corrected chi connectivity index (χ2v) is 7.63. The molecule has 27 heavy (non-hydrogen) atoms. The average molecular weight is 487 g/mol. The van der Waals surface area contributed by atoms with Crippen LogP contribution in [-0.2, 0) is 10.2 Å². The van der Waals surface area contributed by atoms with E-state index in [1.165, 1.54) is 24.8 Å². The number of guanidine groups is 1. The lowest BCUT2D eigenvalue weighted by Gasteiger charge is -2.36. The fourth-order valence-electron chi connectivity index (χ4n) is 4.31. The maximum absolute atomic E-state index is 6.13. The van der Waals surface area contributed by atoms with Crippen molar-refractivity contribution in [3.8, 4) is 11.5 Å². The van der Waals surface area contributed by atoms with Gasteiger partial charge in [0.1, 0.15) is 0 Å². The molecule has 0 aromatic heterocycles. The lowest BCUT2D eigenvalue weighted by molar-refractivity contribution is 0.114. The minimum atomic E-state index is 0. The Hall–Kier alpha value is -1.22. The van der Waals surface area contributed by atoms with Crippen LogP contribution in [0.5, 0.6) is 11.5 Å². The Morgan fingerprint density at radius 3 is 2.74 bits per heavy atom. The summed E-state index contributed by atoms with van der Waals surface area (Å²) in [6.45, 7) is 2.62. The largest absolute Gasteiger partial charge is 0.454 e. The number of rotatable bonds is 5. The van der Waals surface area contributed by atoms with Crippen LogP contribution in [0.1, 0.15) is 50.5 Å². The molecule has 2 heterocycles. The van der Waals surface area contributed by atoms with Crippen molar-refractivity contribution in [1.29, 1.82) is 0 Å². The molecule has 1 saturated carbocycles. The number of nitrogens with zero attached hydrogens (tertiary/aromatic N) is 1. The molecule has 2 fully saturated rings. The van der Waals surface area contributed by atoms with Gasteiger partial charge in [-0.25, -0.2) is 0 Å². The van der Waals surface area contributed by atoms with Crippen molar-refractivity contribution >= 4 is 29.9 Å². The van der Waals surface area contributed by atoms with Crippen molar-refractivity contribution in [2.45, 2.75) is 56.5 Å². The van der Waals surface area contributed by atoms with Crippen LogP contribution in [0.25, 0.3) is 0 Å². The predicted octanol–water partition coefficient (Wildman–Crippen LogP) is 3.32. The lowest BCUT2D eigenvalue weighted by atomic mass is 9.69. The third-order valence-corrected chi connectivity index (χ3v) is 5.88. The van der Waals surface area contributed by atoms with Crippen LogP contribution in [0.3, 0.4) is 0 Å². The van der Waals surface area contributed by atoms with Gasteiger partial charge < -0.3 is 25.3 Å². The number of nitrogens with one attached hydrogen (secondary N) is 1. The first-order valence-electron chi connectivity index (χ1n) is 9.81. The number of aliphatic imine (C=N–C) groups is 1. The Labute approximate surface area is 178 Å². The molecule has 1 atom stereocenters. The Morgan fingerprint density at radius 2 is 1.96 bits per heavy atom. The van der Waals surface area contributed by atoms with Crippen molar-refractivity contribution in [2.24, 2.45) is 10.7 Å². The van der Waals surface area contributed by atoms with Crippen molar-refractivity contribution < 1.29 is 14.2 Å². The maximum atomic E-state index is 6.13.